The maximum absolute atomic E-state index is 11.4. The first-order valence-corrected chi connectivity index (χ1v) is 6.11. The molecule has 0 aliphatic rings. The highest BCUT2D eigenvalue weighted by atomic mass is 16.6. The number of carbonyl (C=O) groups excluding carboxylic acids is 1. The Morgan fingerprint density at radius 2 is 1.63 bits per heavy atom. The predicted molar refractivity (Wildman–Crippen MR) is 74.0 cm³/mol. The molecule has 19 heavy (non-hydrogen) atoms. The number of rotatable bonds is 4. The molecule has 98 valence electrons. The molecule has 0 bridgehead atoms. The molecule has 0 saturated carbocycles. The second-order valence-electron chi connectivity index (χ2n) is 4.15. The van der Waals surface area contributed by atoms with Crippen LogP contribution in [0.4, 0.5) is 0 Å². The maximum atomic E-state index is 11.4. The molecule has 2 aromatic rings. The van der Waals surface area contributed by atoms with Crippen molar-refractivity contribution in [3.63, 3.8) is 0 Å². The SMILES string of the molecule is COC(=O)[C@H](C)Oc1ccccc1-c1ccccc1. The van der Waals surface area contributed by atoms with E-state index in [4.69, 9.17) is 4.74 Å². The van der Waals surface area contributed by atoms with Crippen LogP contribution in [0.5, 0.6) is 5.75 Å². The van der Waals surface area contributed by atoms with E-state index < -0.39 is 6.10 Å². The molecular weight excluding hydrogens is 240 g/mol. The molecule has 2 aromatic carbocycles. The second-order valence-corrected chi connectivity index (χ2v) is 4.15. The molecule has 3 heteroatoms. The Balaban J connectivity index is 2.30. The summed E-state index contributed by atoms with van der Waals surface area (Å²) in [6, 6.07) is 17.5. The van der Waals surface area contributed by atoms with Gasteiger partial charge in [-0.05, 0) is 18.6 Å². The predicted octanol–water partition coefficient (Wildman–Crippen LogP) is 3.29. The first-order valence-electron chi connectivity index (χ1n) is 6.11. The average molecular weight is 256 g/mol. The summed E-state index contributed by atoms with van der Waals surface area (Å²) < 4.78 is 10.3. The number of ether oxygens (including phenoxy) is 2. The van der Waals surface area contributed by atoms with Gasteiger partial charge in [-0.25, -0.2) is 4.79 Å². The van der Waals surface area contributed by atoms with Crippen LogP contribution in [0.1, 0.15) is 6.92 Å². The molecule has 0 spiro atoms. The lowest BCUT2D eigenvalue weighted by Gasteiger charge is -2.15. The normalized spacial score (nSPS) is 11.7. The summed E-state index contributed by atoms with van der Waals surface area (Å²) in [5.41, 5.74) is 2.01. The van der Waals surface area contributed by atoms with Crippen molar-refractivity contribution in [2.45, 2.75) is 13.0 Å². The fraction of sp³-hybridized carbons (Fsp3) is 0.188. The van der Waals surface area contributed by atoms with Crippen LogP contribution in [0.25, 0.3) is 11.1 Å². The van der Waals surface area contributed by atoms with Gasteiger partial charge in [0.2, 0.25) is 0 Å². The zero-order valence-corrected chi connectivity index (χ0v) is 11.0. The van der Waals surface area contributed by atoms with Gasteiger partial charge in [-0.3, -0.25) is 0 Å². The van der Waals surface area contributed by atoms with Crippen LogP contribution in [0.15, 0.2) is 54.6 Å². The first-order chi connectivity index (χ1) is 9.22. The van der Waals surface area contributed by atoms with Crippen molar-refractivity contribution in [3.05, 3.63) is 54.6 Å². The Kier molecular flexibility index (Phi) is 4.18. The third-order valence-corrected chi connectivity index (χ3v) is 2.81. The molecule has 0 unspecified atom stereocenters. The summed E-state index contributed by atoms with van der Waals surface area (Å²) in [4.78, 5) is 11.4. The Morgan fingerprint density at radius 1 is 1.00 bits per heavy atom. The van der Waals surface area contributed by atoms with Crippen molar-refractivity contribution in [2.75, 3.05) is 7.11 Å². The minimum atomic E-state index is -0.630. The Hall–Kier alpha value is -2.29. The Morgan fingerprint density at radius 3 is 2.32 bits per heavy atom. The highest BCUT2D eigenvalue weighted by Gasteiger charge is 2.16. The molecule has 0 aromatic heterocycles. The Bertz CT molecular complexity index is 549. The van der Waals surface area contributed by atoms with E-state index in [9.17, 15) is 4.79 Å². The van der Waals surface area contributed by atoms with Crippen molar-refractivity contribution >= 4 is 5.97 Å². The van der Waals surface area contributed by atoms with E-state index in [0.29, 0.717) is 5.75 Å². The van der Waals surface area contributed by atoms with E-state index in [0.717, 1.165) is 11.1 Å². The minimum Gasteiger partial charge on any atom is -0.478 e. The molecule has 2 rings (SSSR count). The number of esters is 1. The van der Waals surface area contributed by atoms with Crippen molar-refractivity contribution in [1.82, 2.24) is 0 Å². The lowest BCUT2D eigenvalue weighted by atomic mass is 10.0. The van der Waals surface area contributed by atoms with Gasteiger partial charge in [0.05, 0.1) is 7.11 Å². The zero-order chi connectivity index (χ0) is 13.7. The molecule has 0 fully saturated rings. The molecule has 1 atom stereocenters. The standard InChI is InChI=1S/C16H16O3/c1-12(16(17)18-2)19-15-11-7-6-10-14(15)13-8-4-3-5-9-13/h3-12H,1-2H3/t12-/m0/s1. The molecule has 0 amide bonds. The van der Waals surface area contributed by atoms with Gasteiger partial charge >= 0.3 is 5.97 Å². The van der Waals surface area contributed by atoms with Crippen LogP contribution in [-0.4, -0.2) is 19.2 Å². The van der Waals surface area contributed by atoms with Crippen LogP contribution < -0.4 is 4.74 Å². The van der Waals surface area contributed by atoms with Crippen LogP contribution in [0, 0.1) is 0 Å². The fourth-order valence-corrected chi connectivity index (χ4v) is 1.83. The quantitative estimate of drug-likeness (QED) is 0.787. The van der Waals surface area contributed by atoms with Gasteiger partial charge in [-0.2, -0.15) is 0 Å². The van der Waals surface area contributed by atoms with Crippen LogP contribution in [0.3, 0.4) is 0 Å². The second kappa shape index (κ2) is 6.05. The van der Waals surface area contributed by atoms with E-state index >= 15 is 0 Å². The van der Waals surface area contributed by atoms with Crippen LogP contribution in [0.2, 0.25) is 0 Å². The molecule has 0 saturated heterocycles. The lowest BCUT2D eigenvalue weighted by Crippen LogP contribution is -2.25. The van der Waals surface area contributed by atoms with Gasteiger partial charge in [0.15, 0.2) is 6.10 Å². The van der Waals surface area contributed by atoms with Crippen molar-refractivity contribution < 1.29 is 14.3 Å². The number of hydrogen-bond acceptors (Lipinski definition) is 3. The summed E-state index contributed by atoms with van der Waals surface area (Å²) in [6.45, 7) is 1.67. The van der Waals surface area contributed by atoms with Gasteiger partial charge in [-0.1, -0.05) is 48.5 Å². The molecule has 0 aliphatic carbocycles. The number of methoxy groups -OCH3 is 1. The van der Waals surface area contributed by atoms with Gasteiger partial charge in [-0.15, -0.1) is 0 Å². The number of carbonyl (C=O) groups is 1. The van der Waals surface area contributed by atoms with E-state index in [1.165, 1.54) is 7.11 Å². The zero-order valence-electron chi connectivity index (χ0n) is 11.0. The molecule has 0 N–H and O–H groups in total. The van der Waals surface area contributed by atoms with Crippen molar-refractivity contribution in [3.8, 4) is 16.9 Å². The summed E-state index contributed by atoms with van der Waals surface area (Å²) in [6.07, 6.45) is -0.630. The van der Waals surface area contributed by atoms with Gasteiger partial charge in [0.25, 0.3) is 0 Å². The topological polar surface area (TPSA) is 35.5 Å². The molecule has 0 aliphatic heterocycles. The maximum Gasteiger partial charge on any atom is 0.346 e. The smallest absolute Gasteiger partial charge is 0.346 e. The number of hydrogen-bond donors (Lipinski definition) is 0. The minimum absolute atomic E-state index is 0.386. The molecule has 0 heterocycles. The molecular formula is C16H16O3. The summed E-state index contributed by atoms with van der Waals surface area (Å²) >= 11 is 0. The summed E-state index contributed by atoms with van der Waals surface area (Å²) in [7, 11) is 1.35. The number of para-hydroxylation sites is 1. The van der Waals surface area contributed by atoms with Gasteiger partial charge in [0.1, 0.15) is 5.75 Å². The van der Waals surface area contributed by atoms with Gasteiger partial charge in [0, 0.05) is 5.56 Å². The lowest BCUT2D eigenvalue weighted by molar-refractivity contribution is -0.147. The van der Waals surface area contributed by atoms with E-state index in [1.54, 1.807) is 6.92 Å². The van der Waals surface area contributed by atoms with Crippen LogP contribution in [-0.2, 0) is 9.53 Å². The highest BCUT2D eigenvalue weighted by molar-refractivity contribution is 5.76. The third kappa shape index (κ3) is 3.13. The van der Waals surface area contributed by atoms with E-state index in [2.05, 4.69) is 4.74 Å². The van der Waals surface area contributed by atoms with E-state index in [1.807, 2.05) is 54.6 Å². The summed E-state index contributed by atoms with van der Waals surface area (Å²) in [5, 5.41) is 0. The van der Waals surface area contributed by atoms with Crippen molar-refractivity contribution in [1.29, 1.82) is 0 Å². The Labute approximate surface area is 112 Å². The van der Waals surface area contributed by atoms with Gasteiger partial charge < -0.3 is 9.47 Å². The molecule has 0 radical (unpaired) electrons. The summed E-state index contributed by atoms with van der Waals surface area (Å²) in [5.74, 6) is 0.287. The fourth-order valence-electron chi connectivity index (χ4n) is 1.83. The largest absolute Gasteiger partial charge is 0.478 e. The average Bonchev–Trinajstić information content (AvgIpc) is 2.47. The van der Waals surface area contributed by atoms with E-state index in [-0.39, 0.29) is 5.97 Å². The number of benzene rings is 2. The third-order valence-electron chi connectivity index (χ3n) is 2.81. The van der Waals surface area contributed by atoms with Crippen molar-refractivity contribution in [2.24, 2.45) is 0 Å². The molecule has 3 nitrogen and oxygen atoms in total. The monoisotopic (exact) mass is 256 g/mol. The van der Waals surface area contributed by atoms with Crippen LogP contribution >= 0.6 is 0 Å². The highest BCUT2D eigenvalue weighted by Crippen LogP contribution is 2.30. The first kappa shape index (κ1) is 13.1.